The molecular weight excluding hydrogens is 594 g/mol. The molecule has 9 heteroatoms. The molecule has 3 unspecified atom stereocenters. The Morgan fingerprint density at radius 3 is 2.32 bits per heavy atom. The summed E-state index contributed by atoms with van der Waals surface area (Å²) < 4.78 is 13.3. The van der Waals surface area contributed by atoms with Gasteiger partial charge in [-0.05, 0) is 53.1 Å². The van der Waals surface area contributed by atoms with E-state index < -0.39 is 12.2 Å². The molecule has 2 aliphatic rings. The van der Waals surface area contributed by atoms with Crippen LogP contribution in [-0.2, 0) is 32.2 Å². The van der Waals surface area contributed by atoms with E-state index in [1.807, 2.05) is 48.5 Å². The lowest BCUT2D eigenvalue weighted by Gasteiger charge is -2.39. The molecule has 0 spiro atoms. The summed E-state index contributed by atoms with van der Waals surface area (Å²) in [6.45, 7) is 6.07. The van der Waals surface area contributed by atoms with Crippen LogP contribution in [0, 0.1) is 0 Å². The van der Waals surface area contributed by atoms with Crippen molar-refractivity contribution in [3.63, 3.8) is 0 Å². The number of hydroxylamine groups is 1. The van der Waals surface area contributed by atoms with Gasteiger partial charge in [-0.1, -0.05) is 85.6 Å². The van der Waals surface area contributed by atoms with E-state index in [1.165, 1.54) is 25.7 Å². The minimum absolute atomic E-state index is 0.00928. The van der Waals surface area contributed by atoms with Crippen LogP contribution in [0.15, 0.2) is 85.5 Å². The molecule has 9 nitrogen and oxygen atoms in total. The summed E-state index contributed by atoms with van der Waals surface area (Å²) in [5.41, 5.74) is 7.52. The van der Waals surface area contributed by atoms with Crippen LogP contribution >= 0.6 is 0 Å². The summed E-state index contributed by atoms with van der Waals surface area (Å²) in [5, 5.41) is 21.0. The van der Waals surface area contributed by atoms with Gasteiger partial charge in [0.2, 0.25) is 11.8 Å². The number of carbonyl (C=O) groups excluding carboxylic acids is 2. The molecule has 4 N–H and O–H groups in total. The summed E-state index contributed by atoms with van der Waals surface area (Å²) in [6.07, 6.45) is 7.70. The van der Waals surface area contributed by atoms with Gasteiger partial charge in [-0.15, -0.1) is 6.58 Å². The first-order valence-electron chi connectivity index (χ1n) is 16.7. The van der Waals surface area contributed by atoms with Crippen LogP contribution in [0.2, 0.25) is 0 Å². The van der Waals surface area contributed by atoms with E-state index in [0.717, 1.165) is 52.9 Å². The quantitative estimate of drug-likeness (QED) is 0.0898. The van der Waals surface area contributed by atoms with Crippen molar-refractivity contribution in [1.82, 2.24) is 15.7 Å². The SMILES string of the molecule is C=CCN(CC1CC(c2ccc(CO)cc2)OC(c2ccc(-c3cccc(CNC(=O)CCCC(=O)NO)c3)cc2)O1)C1CCCC1. The summed E-state index contributed by atoms with van der Waals surface area (Å²) in [5.74, 6) is -0.643. The third-order valence-corrected chi connectivity index (χ3v) is 9.12. The standard InChI is InChI=1S/C38H47N3O6/c1-2-21-41(33-9-3-4-10-33)25-34-23-35(30-15-13-27(26-42)14-16-30)47-38(46-34)31-19-17-29(18-20-31)32-8-5-7-28(22-32)24-39-36(43)11-6-12-37(44)40-45/h2,5,7-8,13-20,22,33-35,38,42,45H,1,3-4,6,9-12,21,23-26H2,(H,39,43)(H,40,44). The molecule has 3 aromatic carbocycles. The lowest BCUT2D eigenvalue weighted by molar-refractivity contribution is -0.253. The van der Waals surface area contributed by atoms with Crippen molar-refractivity contribution in [2.75, 3.05) is 13.1 Å². The molecule has 0 bridgehead atoms. The van der Waals surface area contributed by atoms with Crippen molar-refractivity contribution in [3.8, 4) is 11.1 Å². The van der Waals surface area contributed by atoms with Crippen LogP contribution < -0.4 is 10.8 Å². The van der Waals surface area contributed by atoms with Gasteiger partial charge in [0.25, 0.3) is 0 Å². The largest absolute Gasteiger partial charge is 0.392 e. The fourth-order valence-electron chi connectivity index (χ4n) is 6.55. The van der Waals surface area contributed by atoms with Gasteiger partial charge in [-0.25, -0.2) is 5.48 Å². The van der Waals surface area contributed by atoms with Crippen molar-refractivity contribution in [1.29, 1.82) is 0 Å². The fraction of sp³-hybridized carbons (Fsp3) is 0.421. The molecule has 1 aliphatic heterocycles. The topological polar surface area (TPSA) is 120 Å². The molecule has 1 saturated carbocycles. The van der Waals surface area contributed by atoms with Gasteiger partial charge < -0.3 is 19.9 Å². The molecule has 250 valence electrons. The smallest absolute Gasteiger partial charge is 0.243 e. The molecule has 1 heterocycles. The van der Waals surface area contributed by atoms with E-state index in [1.54, 1.807) is 5.48 Å². The number of aliphatic hydroxyl groups is 1. The molecule has 2 fully saturated rings. The molecule has 1 saturated heterocycles. The molecule has 2 amide bonds. The van der Waals surface area contributed by atoms with Crippen molar-refractivity contribution in [3.05, 3.63) is 108 Å². The van der Waals surface area contributed by atoms with E-state index in [-0.39, 0.29) is 37.6 Å². The van der Waals surface area contributed by atoms with E-state index in [0.29, 0.717) is 19.0 Å². The average molecular weight is 642 g/mol. The Kier molecular flexibility index (Phi) is 12.7. The number of nitrogens with zero attached hydrogens (tertiary/aromatic N) is 1. The maximum atomic E-state index is 12.2. The number of amides is 2. The Bertz CT molecular complexity index is 1450. The highest BCUT2D eigenvalue weighted by Gasteiger charge is 2.34. The van der Waals surface area contributed by atoms with E-state index in [2.05, 4.69) is 47.1 Å². The first-order chi connectivity index (χ1) is 22.9. The number of rotatable bonds is 15. The molecule has 1 aliphatic carbocycles. The highest BCUT2D eigenvalue weighted by molar-refractivity contribution is 5.78. The van der Waals surface area contributed by atoms with Crippen molar-refractivity contribution >= 4 is 11.8 Å². The van der Waals surface area contributed by atoms with Crippen molar-refractivity contribution < 1.29 is 29.4 Å². The highest BCUT2D eigenvalue weighted by atomic mass is 16.7. The lowest BCUT2D eigenvalue weighted by atomic mass is 9.98. The summed E-state index contributed by atoms with van der Waals surface area (Å²) in [4.78, 5) is 25.9. The number of benzene rings is 3. The van der Waals surface area contributed by atoms with Crippen LogP contribution in [0.5, 0.6) is 0 Å². The normalized spacial score (nSPS) is 19.9. The summed E-state index contributed by atoms with van der Waals surface area (Å²) in [7, 11) is 0. The minimum atomic E-state index is -0.524. The number of nitrogens with one attached hydrogen (secondary N) is 2. The zero-order chi connectivity index (χ0) is 33.0. The lowest BCUT2D eigenvalue weighted by Crippen LogP contribution is -2.43. The molecule has 0 aromatic heterocycles. The van der Waals surface area contributed by atoms with Gasteiger partial charge >= 0.3 is 0 Å². The van der Waals surface area contributed by atoms with E-state index in [9.17, 15) is 14.7 Å². The Hall–Kier alpha value is -3.86. The third-order valence-electron chi connectivity index (χ3n) is 9.12. The van der Waals surface area contributed by atoms with E-state index in [4.69, 9.17) is 14.7 Å². The van der Waals surface area contributed by atoms with Crippen LogP contribution in [0.1, 0.15) is 86.0 Å². The highest BCUT2D eigenvalue weighted by Crippen LogP contribution is 2.39. The van der Waals surface area contributed by atoms with Gasteiger partial charge in [0, 0.05) is 50.5 Å². The number of aliphatic hydroxyl groups excluding tert-OH is 1. The Morgan fingerprint density at radius 1 is 0.894 bits per heavy atom. The zero-order valence-corrected chi connectivity index (χ0v) is 27.0. The first kappa shape index (κ1) is 34.5. The number of ether oxygens (including phenoxy) is 2. The van der Waals surface area contributed by atoms with Gasteiger partial charge in [-0.2, -0.15) is 0 Å². The second-order valence-corrected chi connectivity index (χ2v) is 12.5. The average Bonchev–Trinajstić information content (AvgIpc) is 3.66. The van der Waals surface area contributed by atoms with Crippen LogP contribution in [0.3, 0.4) is 0 Å². The van der Waals surface area contributed by atoms with E-state index >= 15 is 0 Å². The molecule has 5 rings (SSSR count). The zero-order valence-electron chi connectivity index (χ0n) is 27.0. The molecule has 3 atom stereocenters. The Morgan fingerprint density at radius 2 is 1.62 bits per heavy atom. The number of hydrogen-bond acceptors (Lipinski definition) is 7. The summed E-state index contributed by atoms with van der Waals surface area (Å²) >= 11 is 0. The summed E-state index contributed by atoms with van der Waals surface area (Å²) in [6, 6.07) is 24.9. The van der Waals surface area contributed by atoms with Gasteiger partial charge in [0.15, 0.2) is 6.29 Å². The molecular formula is C38H47N3O6. The van der Waals surface area contributed by atoms with Gasteiger partial charge in [0.05, 0.1) is 18.8 Å². The predicted octanol–water partition coefficient (Wildman–Crippen LogP) is 6.11. The van der Waals surface area contributed by atoms with Crippen LogP contribution in [-0.4, -0.2) is 52.3 Å². The molecule has 3 aromatic rings. The molecule has 47 heavy (non-hydrogen) atoms. The second-order valence-electron chi connectivity index (χ2n) is 12.5. The first-order valence-corrected chi connectivity index (χ1v) is 16.7. The Labute approximate surface area is 277 Å². The third kappa shape index (κ3) is 9.82. The number of carbonyl (C=O) groups is 2. The van der Waals surface area contributed by atoms with Gasteiger partial charge in [-0.3, -0.25) is 19.7 Å². The van der Waals surface area contributed by atoms with Crippen molar-refractivity contribution in [2.24, 2.45) is 0 Å². The second kappa shape index (κ2) is 17.3. The van der Waals surface area contributed by atoms with Gasteiger partial charge in [0.1, 0.15) is 0 Å². The Balaban J connectivity index is 1.27. The maximum Gasteiger partial charge on any atom is 0.243 e. The predicted molar refractivity (Wildman–Crippen MR) is 180 cm³/mol. The van der Waals surface area contributed by atoms with Crippen LogP contribution in [0.4, 0.5) is 0 Å². The van der Waals surface area contributed by atoms with Crippen LogP contribution in [0.25, 0.3) is 11.1 Å². The fourth-order valence-corrected chi connectivity index (χ4v) is 6.55. The van der Waals surface area contributed by atoms with Crippen molar-refractivity contribution in [2.45, 2.75) is 89.1 Å². The maximum absolute atomic E-state index is 12.2. The number of hydrogen-bond donors (Lipinski definition) is 4. The minimum Gasteiger partial charge on any atom is -0.392 e. The molecule has 0 radical (unpaired) electrons. The monoisotopic (exact) mass is 641 g/mol.